The van der Waals surface area contributed by atoms with Gasteiger partial charge in [0.2, 0.25) is 11.7 Å². The Kier molecular flexibility index (Phi) is 3.91. The molecule has 1 fully saturated rings. The van der Waals surface area contributed by atoms with E-state index in [1.165, 1.54) is 0 Å². The Morgan fingerprint density at radius 1 is 1.44 bits per heavy atom. The molecule has 1 aromatic heterocycles. The molecule has 1 unspecified atom stereocenters. The average molecular weight is 283 g/mol. The lowest BCUT2D eigenvalue weighted by Crippen LogP contribution is -2.18. The Morgan fingerprint density at radius 2 is 2.22 bits per heavy atom. The van der Waals surface area contributed by atoms with Gasteiger partial charge in [0.25, 0.3) is 0 Å². The summed E-state index contributed by atoms with van der Waals surface area (Å²) in [4.78, 5) is 6.37. The van der Waals surface area contributed by atoms with Crippen molar-refractivity contribution in [1.82, 2.24) is 9.97 Å². The zero-order valence-electron chi connectivity index (χ0n) is 9.21. The van der Waals surface area contributed by atoms with Gasteiger partial charge < -0.3 is 9.47 Å². The average Bonchev–Trinajstić information content (AvgIpc) is 2.77. The van der Waals surface area contributed by atoms with Crippen LogP contribution >= 0.6 is 11.6 Å². The van der Waals surface area contributed by atoms with Crippen molar-refractivity contribution in [2.45, 2.75) is 25.1 Å². The second kappa shape index (κ2) is 5.27. The molecule has 0 radical (unpaired) electrons. The summed E-state index contributed by atoms with van der Waals surface area (Å²) in [6.45, 7) is 0.803. The fourth-order valence-corrected chi connectivity index (χ4v) is 1.73. The number of hydrogen-bond donors (Lipinski definition) is 0. The minimum atomic E-state index is -4.65. The highest BCUT2D eigenvalue weighted by Gasteiger charge is 2.35. The molecule has 2 rings (SSSR count). The van der Waals surface area contributed by atoms with Gasteiger partial charge in [-0.05, 0) is 12.8 Å². The van der Waals surface area contributed by atoms with E-state index in [0.29, 0.717) is 6.61 Å². The maximum Gasteiger partial charge on any atom is 0.451 e. The lowest BCUT2D eigenvalue weighted by Gasteiger charge is -2.12. The second-order valence-electron chi connectivity index (χ2n) is 3.80. The summed E-state index contributed by atoms with van der Waals surface area (Å²) in [5.74, 6) is -1.50. The van der Waals surface area contributed by atoms with Crippen molar-refractivity contribution >= 4 is 11.6 Å². The highest BCUT2D eigenvalue weighted by molar-refractivity contribution is 6.29. The molecule has 1 aromatic rings. The Balaban J connectivity index is 2.05. The van der Waals surface area contributed by atoms with Gasteiger partial charge in [-0.2, -0.15) is 18.2 Å². The van der Waals surface area contributed by atoms with Crippen LogP contribution in [0.3, 0.4) is 0 Å². The van der Waals surface area contributed by atoms with Gasteiger partial charge in [-0.25, -0.2) is 4.98 Å². The topological polar surface area (TPSA) is 44.2 Å². The zero-order valence-corrected chi connectivity index (χ0v) is 9.96. The number of aromatic nitrogens is 2. The Labute approximate surface area is 106 Å². The van der Waals surface area contributed by atoms with E-state index >= 15 is 0 Å². The summed E-state index contributed by atoms with van der Waals surface area (Å²) >= 11 is 5.49. The van der Waals surface area contributed by atoms with E-state index in [1.807, 2.05) is 0 Å². The van der Waals surface area contributed by atoms with E-state index in [4.69, 9.17) is 21.1 Å². The number of halogens is 4. The quantitative estimate of drug-likeness (QED) is 0.800. The molecule has 18 heavy (non-hydrogen) atoms. The van der Waals surface area contributed by atoms with Gasteiger partial charge in [-0.1, -0.05) is 11.6 Å². The first kappa shape index (κ1) is 13.4. The molecule has 0 bridgehead atoms. The highest BCUT2D eigenvalue weighted by Crippen LogP contribution is 2.29. The van der Waals surface area contributed by atoms with Crippen LogP contribution in [0.2, 0.25) is 5.15 Å². The van der Waals surface area contributed by atoms with Crippen LogP contribution in [0.15, 0.2) is 6.07 Å². The van der Waals surface area contributed by atoms with E-state index in [-0.39, 0.29) is 23.7 Å². The lowest BCUT2D eigenvalue weighted by molar-refractivity contribution is -0.145. The van der Waals surface area contributed by atoms with Crippen LogP contribution in [0, 0.1) is 0 Å². The van der Waals surface area contributed by atoms with Crippen LogP contribution in [0.4, 0.5) is 13.2 Å². The van der Waals surface area contributed by atoms with Gasteiger partial charge in [0.05, 0.1) is 6.10 Å². The predicted octanol–water partition coefficient (Wildman–Crippen LogP) is 2.71. The number of nitrogens with zero attached hydrogens (tertiary/aromatic N) is 2. The van der Waals surface area contributed by atoms with Gasteiger partial charge in [-0.15, -0.1) is 0 Å². The third-order valence-corrected chi connectivity index (χ3v) is 2.56. The molecular formula is C10H10ClF3N2O2. The van der Waals surface area contributed by atoms with Gasteiger partial charge in [-0.3, -0.25) is 0 Å². The molecular weight excluding hydrogens is 273 g/mol. The van der Waals surface area contributed by atoms with Crippen molar-refractivity contribution in [3.8, 4) is 5.88 Å². The van der Waals surface area contributed by atoms with E-state index < -0.39 is 12.0 Å². The molecule has 0 aliphatic carbocycles. The first-order valence-electron chi connectivity index (χ1n) is 5.31. The Bertz CT molecular complexity index is 422. The predicted molar refractivity (Wildman–Crippen MR) is 56.5 cm³/mol. The number of hydrogen-bond acceptors (Lipinski definition) is 4. The molecule has 0 aromatic carbocycles. The van der Waals surface area contributed by atoms with E-state index in [1.54, 1.807) is 0 Å². The fourth-order valence-electron chi connectivity index (χ4n) is 1.55. The summed E-state index contributed by atoms with van der Waals surface area (Å²) in [7, 11) is 0. The molecule has 0 spiro atoms. The third-order valence-electron chi connectivity index (χ3n) is 2.37. The smallest absolute Gasteiger partial charge is 0.451 e. The van der Waals surface area contributed by atoms with Gasteiger partial charge in [0.15, 0.2) is 0 Å². The summed E-state index contributed by atoms with van der Waals surface area (Å²) in [5.41, 5.74) is 0. The van der Waals surface area contributed by atoms with Crippen molar-refractivity contribution in [3.63, 3.8) is 0 Å². The normalized spacial score (nSPS) is 20.1. The third kappa shape index (κ3) is 3.46. The summed E-state index contributed by atoms with van der Waals surface area (Å²) < 4.78 is 47.7. The Hall–Kier alpha value is -1.08. The lowest BCUT2D eigenvalue weighted by atomic mass is 10.2. The van der Waals surface area contributed by atoms with Crippen LogP contribution in [0.5, 0.6) is 5.88 Å². The minimum Gasteiger partial charge on any atom is -0.475 e. The van der Waals surface area contributed by atoms with Crippen molar-refractivity contribution < 1.29 is 22.6 Å². The molecule has 1 aliphatic rings. The molecule has 8 heteroatoms. The first-order valence-corrected chi connectivity index (χ1v) is 5.69. The SMILES string of the molecule is FC(F)(F)c1nc(Cl)cc(OCC2CCCO2)n1. The van der Waals surface area contributed by atoms with Crippen LogP contribution in [0.1, 0.15) is 18.7 Å². The molecule has 2 heterocycles. The number of ether oxygens (including phenoxy) is 2. The van der Waals surface area contributed by atoms with Crippen molar-refractivity contribution in [2.24, 2.45) is 0 Å². The van der Waals surface area contributed by atoms with Gasteiger partial charge in [0, 0.05) is 12.7 Å². The summed E-state index contributed by atoms with van der Waals surface area (Å²) in [6.07, 6.45) is -3.00. The maximum absolute atomic E-state index is 12.4. The molecule has 0 amide bonds. The first-order chi connectivity index (χ1) is 8.45. The monoisotopic (exact) mass is 282 g/mol. The summed E-state index contributed by atoms with van der Waals surface area (Å²) in [5, 5.41) is -0.306. The standard InChI is InChI=1S/C10H10ClF3N2O2/c11-7-4-8(16-9(15-7)10(12,13)14)18-5-6-2-1-3-17-6/h4,6H,1-3,5H2. The van der Waals surface area contributed by atoms with E-state index in [9.17, 15) is 13.2 Å². The van der Waals surface area contributed by atoms with Crippen LogP contribution in [-0.2, 0) is 10.9 Å². The number of alkyl halides is 3. The van der Waals surface area contributed by atoms with Crippen molar-refractivity contribution in [1.29, 1.82) is 0 Å². The van der Waals surface area contributed by atoms with E-state index in [2.05, 4.69) is 9.97 Å². The highest BCUT2D eigenvalue weighted by atomic mass is 35.5. The van der Waals surface area contributed by atoms with Crippen LogP contribution in [-0.4, -0.2) is 29.3 Å². The second-order valence-corrected chi connectivity index (χ2v) is 4.18. The van der Waals surface area contributed by atoms with Crippen molar-refractivity contribution in [3.05, 3.63) is 17.0 Å². The number of rotatable bonds is 3. The van der Waals surface area contributed by atoms with Crippen LogP contribution < -0.4 is 4.74 Å². The fraction of sp³-hybridized carbons (Fsp3) is 0.600. The van der Waals surface area contributed by atoms with Crippen LogP contribution in [0.25, 0.3) is 0 Å². The van der Waals surface area contributed by atoms with Gasteiger partial charge >= 0.3 is 6.18 Å². The van der Waals surface area contributed by atoms with Crippen molar-refractivity contribution in [2.75, 3.05) is 13.2 Å². The van der Waals surface area contributed by atoms with E-state index in [0.717, 1.165) is 18.9 Å². The minimum absolute atomic E-state index is 0.104. The molecule has 4 nitrogen and oxygen atoms in total. The van der Waals surface area contributed by atoms with Gasteiger partial charge in [0.1, 0.15) is 11.8 Å². The molecule has 100 valence electrons. The summed E-state index contributed by atoms with van der Waals surface area (Å²) in [6, 6.07) is 1.14. The molecule has 0 saturated carbocycles. The molecule has 1 aliphatic heterocycles. The molecule has 1 saturated heterocycles. The largest absolute Gasteiger partial charge is 0.475 e. The molecule has 0 N–H and O–H groups in total. The maximum atomic E-state index is 12.4. The Morgan fingerprint density at radius 3 is 2.83 bits per heavy atom. The zero-order chi connectivity index (χ0) is 13.2. The molecule has 1 atom stereocenters.